The standard InChI is InChI=1S/C19H15ClN6O3S/c1-8-5-21-15-13-11(30-16(15)17(27)24-8)4-3-9-14(13)22-7-12(25-9)29-18-10(28-2)6-23-19(20)26-18/h3-4,6-8,21H,5H2,1-2H3,(H,24,27)/t8-/m1/s1. The second-order valence-electron chi connectivity index (χ2n) is 6.69. The zero-order valence-corrected chi connectivity index (χ0v) is 17.5. The molecule has 1 aliphatic heterocycles. The third kappa shape index (κ3) is 3.14. The minimum absolute atomic E-state index is 0.0285. The molecule has 2 N–H and O–H groups in total. The molecule has 0 bridgehead atoms. The monoisotopic (exact) mass is 442 g/mol. The molecule has 4 aromatic rings. The van der Waals surface area contributed by atoms with Crippen LogP contribution in [0.1, 0.15) is 16.6 Å². The normalized spacial score (nSPS) is 16.0. The number of anilines is 1. The number of carbonyl (C=O) groups excluding carboxylic acids is 1. The molecule has 3 aromatic heterocycles. The van der Waals surface area contributed by atoms with Crippen LogP contribution in [0.15, 0.2) is 24.5 Å². The molecule has 4 heterocycles. The fraction of sp³-hybridized carbons (Fsp3) is 0.211. The first-order valence-corrected chi connectivity index (χ1v) is 10.2. The number of hydrogen-bond donors (Lipinski definition) is 2. The van der Waals surface area contributed by atoms with Crippen molar-refractivity contribution in [3.8, 4) is 17.5 Å². The molecule has 1 amide bonds. The van der Waals surface area contributed by atoms with E-state index in [2.05, 4.69) is 30.6 Å². The van der Waals surface area contributed by atoms with E-state index in [0.29, 0.717) is 28.2 Å². The highest BCUT2D eigenvalue weighted by Crippen LogP contribution is 2.40. The van der Waals surface area contributed by atoms with Gasteiger partial charge in [-0.3, -0.25) is 4.79 Å². The number of benzene rings is 1. The summed E-state index contributed by atoms with van der Waals surface area (Å²) in [5.74, 6) is 0.612. The topological polar surface area (TPSA) is 111 Å². The Balaban J connectivity index is 1.60. The highest BCUT2D eigenvalue weighted by Gasteiger charge is 2.25. The Bertz CT molecular complexity index is 1310. The SMILES string of the molecule is COc1cnc(Cl)nc1Oc1cnc2c(ccc3sc4c(c32)NC[C@@H](C)NC4=O)n1. The molecule has 1 aliphatic rings. The van der Waals surface area contributed by atoms with Crippen molar-refractivity contribution < 1.29 is 14.3 Å². The van der Waals surface area contributed by atoms with E-state index in [-0.39, 0.29) is 29.0 Å². The molecule has 11 heteroatoms. The van der Waals surface area contributed by atoms with Crippen LogP contribution in [0.4, 0.5) is 5.69 Å². The maximum atomic E-state index is 12.5. The molecule has 0 saturated carbocycles. The van der Waals surface area contributed by atoms with Gasteiger partial charge in [0.1, 0.15) is 4.88 Å². The summed E-state index contributed by atoms with van der Waals surface area (Å²) in [6, 6.07) is 3.80. The molecule has 9 nitrogen and oxygen atoms in total. The summed E-state index contributed by atoms with van der Waals surface area (Å²) in [6.45, 7) is 2.59. The van der Waals surface area contributed by atoms with Crippen LogP contribution in [0.25, 0.3) is 21.1 Å². The number of nitrogens with zero attached hydrogens (tertiary/aromatic N) is 4. The van der Waals surface area contributed by atoms with Crippen LogP contribution in [0.3, 0.4) is 0 Å². The summed E-state index contributed by atoms with van der Waals surface area (Å²) in [5, 5.41) is 7.26. The van der Waals surface area contributed by atoms with Gasteiger partial charge >= 0.3 is 0 Å². The number of ether oxygens (including phenoxy) is 2. The molecule has 0 spiro atoms. The first-order chi connectivity index (χ1) is 14.5. The molecule has 0 saturated heterocycles. The fourth-order valence-electron chi connectivity index (χ4n) is 3.27. The molecular weight excluding hydrogens is 428 g/mol. The van der Waals surface area contributed by atoms with E-state index >= 15 is 0 Å². The van der Waals surface area contributed by atoms with Gasteiger partial charge in [0.05, 0.1) is 36.2 Å². The average Bonchev–Trinajstić information content (AvgIpc) is 3.05. The lowest BCUT2D eigenvalue weighted by molar-refractivity contribution is 0.0949. The molecule has 5 rings (SSSR count). The van der Waals surface area contributed by atoms with Crippen LogP contribution in [0.5, 0.6) is 17.5 Å². The van der Waals surface area contributed by atoms with Crippen molar-refractivity contribution in [2.24, 2.45) is 0 Å². The Morgan fingerprint density at radius 1 is 1.23 bits per heavy atom. The molecular formula is C19H15ClN6O3S. The Hall–Kier alpha value is -3.24. The minimum Gasteiger partial charge on any atom is -0.490 e. The van der Waals surface area contributed by atoms with Gasteiger partial charge in [0.25, 0.3) is 11.8 Å². The van der Waals surface area contributed by atoms with Gasteiger partial charge in [-0.25, -0.2) is 15.0 Å². The minimum atomic E-state index is -0.0857. The first-order valence-electron chi connectivity index (χ1n) is 9.05. The van der Waals surface area contributed by atoms with E-state index in [1.807, 2.05) is 19.1 Å². The molecule has 0 fully saturated rings. The number of amides is 1. The summed E-state index contributed by atoms with van der Waals surface area (Å²) < 4.78 is 11.9. The number of fused-ring (bicyclic) bond motifs is 5. The van der Waals surface area contributed by atoms with Gasteiger partial charge in [-0.2, -0.15) is 4.98 Å². The van der Waals surface area contributed by atoms with Crippen LogP contribution >= 0.6 is 22.9 Å². The fourth-order valence-corrected chi connectivity index (χ4v) is 4.48. The third-order valence-electron chi connectivity index (χ3n) is 4.63. The van der Waals surface area contributed by atoms with E-state index in [4.69, 9.17) is 21.1 Å². The highest BCUT2D eigenvalue weighted by atomic mass is 35.5. The lowest BCUT2D eigenvalue weighted by atomic mass is 10.1. The van der Waals surface area contributed by atoms with Crippen LogP contribution in [-0.2, 0) is 0 Å². The number of aromatic nitrogens is 4. The Morgan fingerprint density at radius 2 is 2.10 bits per heavy atom. The quantitative estimate of drug-likeness (QED) is 0.462. The Morgan fingerprint density at radius 3 is 2.93 bits per heavy atom. The van der Waals surface area contributed by atoms with Gasteiger partial charge < -0.3 is 20.1 Å². The second kappa shape index (κ2) is 7.22. The highest BCUT2D eigenvalue weighted by molar-refractivity contribution is 7.21. The number of halogens is 1. The molecule has 0 unspecified atom stereocenters. The number of hydrogen-bond acceptors (Lipinski definition) is 9. The van der Waals surface area contributed by atoms with E-state index in [1.54, 1.807) is 0 Å². The number of nitrogens with one attached hydrogen (secondary N) is 2. The smallest absolute Gasteiger partial charge is 0.268 e. The van der Waals surface area contributed by atoms with Gasteiger partial charge in [-0.1, -0.05) is 0 Å². The lowest BCUT2D eigenvalue weighted by Gasteiger charge is -2.10. The van der Waals surface area contributed by atoms with Crippen LogP contribution in [0, 0.1) is 0 Å². The van der Waals surface area contributed by atoms with Gasteiger partial charge in [0.15, 0.2) is 5.75 Å². The van der Waals surface area contributed by atoms with E-state index in [9.17, 15) is 4.79 Å². The number of methoxy groups -OCH3 is 1. The van der Waals surface area contributed by atoms with Gasteiger partial charge in [-0.15, -0.1) is 11.3 Å². The molecule has 30 heavy (non-hydrogen) atoms. The van der Waals surface area contributed by atoms with Crippen molar-refractivity contribution in [1.82, 2.24) is 25.3 Å². The van der Waals surface area contributed by atoms with Crippen molar-refractivity contribution in [2.75, 3.05) is 19.0 Å². The first kappa shape index (κ1) is 18.8. The maximum Gasteiger partial charge on any atom is 0.268 e. The number of rotatable bonds is 3. The Labute approximate surface area is 179 Å². The predicted octanol–water partition coefficient (Wildman–Crippen LogP) is 3.63. The summed E-state index contributed by atoms with van der Waals surface area (Å²) >= 11 is 7.29. The van der Waals surface area contributed by atoms with Crippen LogP contribution < -0.4 is 20.1 Å². The third-order valence-corrected chi connectivity index (χ3v) is 5.96. The predicted molar refractivity (Wildman–Crippen MR) is 114 cm³/mol. The maximum absolute atomic E-state index is 12.5. The van der Waals surface area contributed by atoms with Crippen molar-refractivity contribution in [3.63, 3.8) is 0 Å². The van der Waals surface area contributed by atoms with Crippen LogP contribution in [-0.4, -0.2) is 45.5 Å². The largest absolute Gasteiger partial charge is 0.490 e. The van der Waals surface area contributed by atoms with Gasteiger partial charge in [-0.05, 0) is 30.7 Å². The van der Waals surface area contributed by atoms with Gasteiger partial charge in [0, 0.05) is 22.7 Å². The second-order valence-corrected chi connectivity index (χ2v) is 8.08. The number of thiophene rings is 1. The zero-order valence-electron chi connectivity index (χ0n) is 15.9. The molecule has 1 atom stereocenters. The Kier molecular flexibility index (Phi) is 4.52. The van der Waals surface area contributed by atoms with Crippen molar-refractivity contribution in [2.45, 2.75) is 13.0 Å². The zero-order chi connectivity index (χ0) is 20.8. The van der Waals surface area contributed by atoms with Crippen molar-refractivity contribution in [1.29, 1.82) is 0 Å². The van der Waals surface area contributed by atoms with Gasteiger partial charge in [0.2, 0.25) is 11.2 Å². The lowest BCUT2D eigenvalue weighted by Crippen LogP contribution is -2.34. The summed E-state index contributed by atoms with van der Waals surface area (Å²) in [4.78, 5) is 30.2. The van der Waals surface area contributed by atoms with Crippen molar-refractivity contribution >= 4 is 55.7 Å². The average molecular weight is 443 g/mol. The number of carbonyl (C=O) groups is 1. The molecule has 152 valence electrons. The summed E-state index contributed by atoms with van der Waals surface area (Å²) in [6.07, 6.45) is 2.92. The van der Waals surface area contributed by atoms with E-state index in [0.717, 1.165) is 15.8 Å². The molecule has 1 aromatic carbocycles. The summed E-state index contributed by atoms with van der Waals surface area (Å²) in [5.41, 5.74) is 2.09. The van der Waals surface area contributed by atoms with E-state index < -0.39 is 0 Å². The summed E-state index contributed by atoms with van der Waals surface area (Å²) in [7, 11) is 1.48. The molecule has 0 radical (unpaired) electrons. The van der Waals surface area contributed by atoms with Crippen molar-refractivity contribution in [3.05, 3.63) is 34.7 Å². The van der Waals surface area contributed by atoms with Crippen LogP contribution in [0.2, 0.25) is 5.28 Å². The molecule has 0 aliphatic carbocycles. The van der Waals surface area contributed by atoms with E-state index in [1.165, 1.54) is 30.8 Å².